The molecule has 2 bridgehead atoms. The fourth-order valence-electron chi connectivity index (χ4n) is 4.38. The summed E-state index contributed by atoms with van der Waals surface area (Å²) in [6.45, 7) is 5.62. The fourth-order valence-corrected chi connectivity index (χ4v) is 5.46. The molecule has 3 rings (SSSR count). The van der Waals surface area contributed by atoms with Crippen LogP contribution in [0.3, 0.4) is 0 Å². The van der Waals surface area contributed by atoms with Gasteiger partial charge in [-0.1, -0.05) is 29.8 Å². The van der Waals surface area contributed by atoms with Crippen molar-refractivity contribution in [2.24, 2.45) is 16.7 Å². The van der Waals surface area contributed by atoms with Gasteiger partial charge in [-0.25, -0.2) is 9.78 Å². The van der Waals surface area contributed by atoms with Crippen LogP contribution >= 0.6 is 15.9 Å². The molecular weight excluding hydrogens is 256 g/mol. The van der Waals surface area contributed by atoms with Crippen LogP contribution in [-0.4, -0.2) is 17.5 Å². The zero-order valence-electron chi connectivity index (χ0n) is 9.51. The van der Waals surface area contributed by atoms with Crippen molar-refractivity contribution in [1.29, 1.82) is 0 Å². The molecule has 4 unspecified atom stereocenters. The number of halogens is 1. The molecule has 1 saturated heterocycles. The van der Waals surface area contributed by atoms with Gasteiger partial charge in [0.15, 0.2) is 0 Å². The standard InChI is InChI=1S/C12H19BrO2/c1-10(8-13)9-3-4-11(10,2)12(7-9)5-6-14-15-12/h9H,3-8H2,1-2H3. The van der Waals surface area contributed by atoms with E-state index < -0.39 is 0 Å². The van der Waals surface area contributed by atoms with Gasteiger partial charge in [-0.15, -0.1) is 0 Å². The van der Waals surface area contributed by atoms with Gasteiger partial charge in [0.25, 0.3) is 0 Å². The number of rotatable bonds is 1. The molecule has 0 aromatic rings. The van der Waals surface area contributed by atoms with Gasteiger partial charge in [-0.3, -0.25) is 0 Å². The Morgan fingerprint density at radius 1 is 1.33 bits per heavy atom. The number of alkyl halides is 1. The predicted molar refractivity (Wildman–Crippen MR) is 61.7 cm³/mol. The molecular formula is C12H19BrO2. The van der Waals surface area contributed by atoms with Crippen molar-refractivity contribution in [3.8, 4) is 0 Å². The first-order valence-electron chi connectivity index (χ1n) is 5.95. The van der Waals surface area contributed by atoms with Crippen molar-refractivity contribution in [1.82, 2.24) is 0 Å². The van der Waals surface area contributed by atoms with E-state index in [1.807, 2.05) is 0 Å². The van der Waals surface area contributed by atoms with E-state index in [-0.39, 0.29) is 5.60 Å². The zero-order valence-corrected chi connectivity index (χ0v) is 11.1. The Bertz CT molecular complexity index is 287. The first-order chi connectivity index (χ1) is 7.08. The van der Waals surface area contributed by atoms with Crippen molar-refractivity contribution < 1.29 is 9.78 Å². The fraction of sp³-hybridized carbons (Fsp3) is 1.00. The van der Waals surface area contributed by atoms with Crippen LogP contribution in [-0.2, 0) is 9.78 Å². The maximum absolute atomic E-state index is 5.71. The van der Waals surface area contributed by atoms with Gasteiger partial charge in [0, 0.05) is 17.2 Å². The minimum Gasteiger partial charge on any atom is -0.236 e. The highest BCUT2D eigenvalue weighted by Gasteiger charge is 2.72. The number of hydrogen-bond acceptors (Lipinski definition) is 2. The third-order valence-electron chi connectivity index (χ3n) is 5.82. The summed E-state index contributed by atoms with van der Waals surface area (Å²) >= 11 is 3.72. The lowest BCUT2D eigenvalue weighted by atomic mass is 9.63. The maximum Gasteiger partial charge on any atom is 0.112 e. The lowest BCUT2D eigenvalue weighted by Crippen LogP contribution is -2.48. The van der Waals surface area contributed by atoms with E-state index >= 15 is 0 Å². The van der Waals surface area contributed by atoms with Crippen molar-refractivity contribution >= 4 is 15.9 Å². The van der Waals surface area contributed by atoms with Gasteiger partial charge in [0.05, 0.1) is 6.61 Å². The monoisotopic (exact) mass is 274 g/mol. The lowest BCUT2D eigenvalue weighted by Gasteiger charge is -2.45. The minimum atomic E-state index is 0.0262. The van der Waals surface area contributed by atoms with Crippen LogP contribution in [0.2, 0.25) is 0 Å². The van der Waals surface area contributed by atoms with Crippen molar-refractivity contribution in [3.63, 3.8) is 0 Å². The molecule has 0 radical (unpaired) electrons. The topological polar surface area (TPSA) is 18.5 Å². The third-order valence-corrected chi connectivity index (χ3v) is 6.99. The van der Waals surface area contributed by atoms with E-state index in [1.165, 1.54) is 19.3 Å². The van der Waals surface area contributed by atoms with E-state index in [2.05, 4.69) is 29.8 Å². The summed E-state index contributed by atoms with van der Waals surface area (Å²) < 4.78 is 0. The summed E-state index contributed by atoms with van der Waals surface area (Å²) in [4.78, 5) is 10.9. The Morgan fingerprint density at radius 3 is 2.67 bits per heavy atom. The first-order valence-corrected chi connectivity index (χ1v) is 7.07. The molecule has 2 aliphatic carbocycles. The van der Waals surface area contributed by atoms with E-state index in [0.717, 1.165) is 24.3 Å². The van der Waals surface area contributed by atoms with Crippen LogP contribution in [0.5, 0.6) is 0 Å². The molecule has 1 spiro atoms. The average molecular weight is 275 g/mol. The van der Waals surface area contributed by atoms with Gasteiger partial charge < -0.3 is 0 Å². The quantitative estimate of drug-likeness (QED) is 0.540. The van der Waals surface area contributed by atoms with E-state index in [0.29, 0.717) is 10.8 Å². The minimum absolute atomic E-state index is 0.0262. The normalized spacial score (nSPS) is 58.2. The van der Waals surface area contributed by atoms with Gasteiger partial charge in [0.2, 0.25) is 0 Å². The van der Waals surface area contributed by atoms with Crippen LogP contribution in [0.1, 0.15) is 39.5 Å². The molecule has 86 valence electrons. The molecule has 0 aromatic heterocycles. The van der Waals surface area contributed by atoms with Gasteiger partial charge >= 0.3 is 0 Å². The molecule has 3 aliphatic rings. The van der Waals surface area contributed by atoms with E-state index in [9.17, 15) is 0 Å². The Balaban J connectivity index is 2.05. The Labute approximate surface area is 99.8 Å². The van der Waals surface area contributed by atoms with Crippen LogP contribution in [0.15, 0.2) is 0 Å². The van der Waals surface area contributed by atoms with Gasteiger partial charge in [-0.05, 0) is 30.6 Å². The molecule has 0 N–H and O–H groups in total. The molecule has 0 amide bonds. The Hall–Kier alpha value is 0.400. The second-order valence-corrected chi connectivity index (χ2v) is 6.53. The number of fused-ring (bicyclic) bond motifs is 3. The molecule has 1 aliphatic heterocycles. The van der Waals surface area contributed by atoms with Crippen molar-refractivity contribution in [3.05, 3.63) is 0 Å². The van der Waals surface area contributed by atoms with Crippen LogP contribution in [0.25, 0.3) is 0 Å². The largest absolute Gasteiger partial charge is 0.236 e. The predicted octanol–water partition coefficient (Wildman–Crippen LogP) is 3.30. The highest BCUT2D eigenvalue weighted by molar-refractivity contribution is 9.09. The molecule has 2 saturated carbocycles. The summed E-state index contributed by atoms with van der Waals surface area (Å²) in [5.41, 5.74) is 0.712. The van der Waals surface area contributed by atoms with Crippen LogP contribution in [0.4, 0.5) is 0 Å². The molecule has 2 nitrogen and oxygen atoms in total. The molecule has 3 heteroatoms. The Morgan fingerprint density at radius 2 is 2.13 bits per heavy atom. The van der Waals surface area contributed by atoms with Gasteiger partial charge in [-0.2, -0.15) is 0 Å². The van der Waals surface area contributed by atoms with Crippen molar-refractivity contribution in [2.45, 2.75) is 45.1 Å². The second-order valence-electron chi connectivity index (χ2n) is 5.97. The van der Waals surface area contributed by atoms with E-state index in [4.69, 9.17) is 9.78 Å². The smallest absolute Gasteiger partial charge is 0.112 e. The third kappa shape index (κ3) is 0.985. The van der Waals surface area contributed by atoms with Gasteiger partial charge in [0.1, 0.15) is 5.60 Å². The summed E-state index contributed by atoms with van der Waals surface area (Å²) in [6.07, 6.45) is 4.95. The van der Waals surface area contributed by atoms with Crippen molar-refractivity contribution in [2.75, 3.05) is 11.9 Å². The summed E-state index contributed by atoms with van der Waals surface area (Å²) in [5, 5.41) is 1.09. The Kier molecular flexibility index (Phi) is 2.10. The molecule has 1 heterocycles. The highest BCUT2D eigenvalue weighted by atomic mass is 79.9. The average Bonchev–Trinajstić information content (AvgIpc) is 2.83. The maximum atomic E-state index is 5.71. The summed E-state index contributed by atoms with van der Waals surface area (Å²) in [7, 11) is 0. The summed E-state index contributed by atoms with van der Waals surface area (Å²) in [5.74, 6) is 0.809. The molecule has 3 fully saturated rings. The highest BCUT2D eigenvalue weighted by Crippen LogP contribution is 2.72. The lowest BCUT2D eigenvalue weighted by molar-refractivity contribution is -0.334. The van der Waals surface area contributed by atoms with Crippen LogP contribution < -0.4 is 0 Å². The van der Waals surface area contributed by atoms with Crippen LogP contribution in [0, 0.1) is 16.7 Å². The molecule has 0 aromatic carbocycles. The SMILES string of the molecule is CC1(CBr)C2CCC1(C)C1(CCOO1)C2. The van der Waals surface area contributed by atoms with E-state index in [1.54, 1.807) is 0 Å². The zero-order chi connectivity index (χ0) is 10.7. The second kappa shape index (κ2) is 2.99. The molecule has 4 atom stereocenters. The number of hydrogen-bond donors (Lipinski definition) is 0. The first kappa shape index (κ1) is 10.5. The molecule has 15 heavy (non-hydrogen) atoms. The summed E-state index contributed by atoms with van der Waals surface area (Å²) in [6, 6.07) is 0.